The molecule has 0 atom stereocenters. The van der Waals surface area contributed by atoms with Crippen LogP contribution in [0.3, 0.4) is 0 Å². The molecule has 0 saturated heterocycles. The minimum absolute atomic E-state index is 0.0786. The van der Waals surface area contributed by atoms with Crippen molar-refractivity contribution < 1.29 is 4.42 Å². The standard InChI is InChI=1S/C21H20N4O2S2/c1-2-25-20(26)17-14-10-6-7-11-15(14)29-19(17)22-21(25)28-12-16-23-24-18(27-16)13-8-4-3-5-9-13/h3-5,8-9H,2,6-7,10-12H2,1H3. The molecule has 0 N–H and O–H groups in total. The largest absolute Gasteiger partial charge is 0.420 e. The number of hydrogen-bond donors (Lipinski definition) is 0. The first kappa shape index (κ1) is 18.6. The first-order valence-corrected chi connectivity index (χ1v) is 11.6. The molecule has 3 aromatic heterocycles. The average molecular weight is 425 g/mol. The van der Waals surface area contributed by atoms with Crippen molar-refractivity contribution in [2.45, 2.75) is 50.1 Å². The summed E-state index contributed by atoms with van der Waals surface area (Å²) >= 11 is 3.15. The van der Waals surface area contributed by atoms with Gasteiger partial charge in [-0.1, -0.05) is 30.0 Å². The summed E-state index contributed by atoms with van der Waals surface area (Å²) in [6, 6.07) is 9.70. The van der Waals surface area contributed by atoms with Gasteiger partial charge in [-0.15, -0.1) is 21.5 Å². The fourth-order valence-electron chi connectivity index (χ4n) is 3.74. The van der Waals surface area contributed by atoms with Crippen molar-refractivity contribution in [3.05, 3.63) is 57.0 Å². The number of benzene rings is 1. The van der Waals surface area contributed by atoms with Gasteiger partial charge < -0.3 is 4.42 Å². The zero-order valence-corrected chi connectivity index (χ0v) is 17.7. The maximum absolute atomic E-state index is 13.2. The lowest BCUT2D eigenvalue weighted by Gasteiger charge is -2.11. The second kappa shape index (κ2) is 7.76. The molecule has 0 saturated carbocycles. The van der Waals surface area contributed by atoms with Gasteiger partial charge in [0.25, 0.3) is 5.56 Å². The lowest BCUT2D eigenvalue weighted by Crippen LogP contribution is -2.23. The Bertz CT molecular complexity index is 1230. The van der Waals surface area contributed by atoms with Crippen LogP contribution < -0.4 is 5.56 Å². The van der Waals surface area contributed by atoms with E-state index in [1.54, 1.807) is 15.9 Å². The first-order valence-electron chi connectivity index (χ1n) is 9.80. The maximum atomic E-state index is 13.2. The Morgan fingerprint density at radius 1 is 1.17 bits per heavy atom. The summed E-state index contributed by atoms with van der Waals surface area (Å²) in [5.74, 6) is 1.50. The van der Waals surface area contributed by atoms with E-state index in [1.807, 2.05) is 37.3 Å². The van der Waals surface area contributed by atoms with E-state index in [0.29, 0.717) is 29.2 Å². The quantitative estimate of drug-likeness (QED) is 0.342. The van der Waals surface area contributed by atoms with Crippen LogP contribution in [0.2, 0.25) is 0 Å². The van der Waals surface area contributed by atoms with Crippen LogP contribution in [0.1, 0.15) is 36.1 Å². The summed E-state index contributed by atoms with van der Waals surface area (Å²) in [6.07, 6.45) is 4.41. The van der Waals surface area contributed by atoms with E-state index >= 15 is 0 Å². The Morgan fingerprint density at radius 2 is 2.00 bits per heavy atom. The Kier molecular flexibility index (Phi) is 4.97. The summed E-state index contributed by atoms with van der Waals surface area (Å²) in [5.41, 5.74) is 2.21. The lowest BCUT2D eigenvalue weighted by molar-refractivity contribution is 0.527. The molecule has 0 spiro atoms. The third kappa shape index (κ3) is 3.40. The number of aryl methyl sites for hydroxylation is 2. The van der Waals surface area contributed by atoms with E-state index in [0.717, 1.165) is 35.0 Å². The topological polar surface area (TPSA) is 73.8 Å². The van der Waals surface area contributed by atoms with Gasteiger partial charge in [0, 0.05) is 17.0 Å². The summed E-state index contributed by atoms with van der Waals surface area (Å²) < 4.78 is 7.56. The number of hydrogen-bond acceptors (Lipinski definition) is 7. The molecule has 0 bridgehead atoms. The Labute approximate surface area is 176 Å². The van der Waals surface area contributed by atoms with Gasteiger partial charge in [-0.3, -0.25) is 9.36 Å². The van der Waals surface area contributed by atoms with Crippen LogP contribution >= 0.6 is 23.1 Å². The lowest BCUT2D eigenvalue weighted by atomic mass is 9.97. The monoisotopic (exact) mass is 424 g/mol. The molecule has 148 valence electrons. The normalized spacial score (nSPS) is 13.7. The number of thioether (sulfide) groups is 1. The third-order valence-corrected chi connectivity index (χ3v) is 7.32. The van der Waals surface area contributed by atoms with Crippen molar-refractivity contribution in [2.24, 2.45) is 0 Å². The molecule has 0 radical (unpaired) electrons. The zero-order valence-electron chi connectivity index (χ0n) is 16.1. The molecule has 1 aliphatic rings. The molecular weight excluding hydrogens is 404 g/mol. The highest BCUT2D eigenvalue weighted by atomic mass is 32.2. The smallest absolute Gasteiger partial charge is 0.263 e. The van der Waals surface area contributed by atoms with E-state index in [1.165, 1.54) is 28.6 Å². The van der Waals surface area contributed by atoms with Gasteiger partial charge in [-0.05, 0) is 50.3 Å². The van der Waals surface area contributed by atoms with Crippen LogP contribution in [-0.2, 0) is 25.1 Å². The van der Waals surface area contributed by atoms with E-state index in [2.05, 4.69) is 10.2 Å². The molecule has 8 heteroatoms. The first-order chi connectivity index (χ1) is 14.2. The van der Waals surface area contributed by atoms with Crippen LogP contribution in [-0.4, -0.2) is 19.7 Å². The van der Waals surface area contributed by atoms with E-state index in [4.69, 9.17) is 9.40 Å². The van der Waals surface area contributed by atoms with E-state index in [9.17, 15) is 4.79 Å². The van der Waals surface area contributed by atoms with Crippen LogP contribution in [0.4, 0.5) is 0 Å². The van der Waals surface area contributed by atoms with Crippen LogP contribution in [0.25, 0.3) is 21.7 Å². The Balaban J connectivity index is 1.45. The van der Waals surface area contributed by atoms with Crippen molar-refractivity contribution >= 4 is 33.3 Å². The van der Waals surface area contributed by atoms with Crippen molar-refractivity contribution in [1.82, 2.24) is 19.7 Å². The molecule has 0 unspecified atom stereocenters. The molecule has 0 fully saturated rings. The Hall–Kier alpha value is -2.45. The molecule has 1 aliphatic carbocycles. The molecule has 5 rings (SSSR count). The fraction of sp³-hybridized carbons (Fsp3) is 0.333. The molecule has 3 heterocycles. The molecule has 29 heavy (non-hydrogen) atoms. The van der Waals surface area contributed by atoms with Gasteiger partial charge >= 0.3 is 0 Å². The maximum Gasteiger partial charge on any atom is 0.263 e. The third-order valence-electron chi connectivity index (χ3n) is 5.17. The SMILES string of the molecule is CCn1c(SCc2nnc(-c3ccccc3)o2)nc2sc3c(c2c1=O)CCCC3. The molecule has 0 amide bonds. The van der Waals surface area contributed by atoms with E-state index < -0.39 is 0 Å². The highest BCUT2D eigenvalue weighted by Gasteiger charge is 2.22. The van der Waals surface area contributed by atoms with Crippen molar-refractivity contribution in [3.8, 4) is 11.5 Å². The highest BCUT2D eigenvalue weighted by molar-refractivity contribution is 7.98. The zero-order chi connectivity index (χ0) is 19.8. The van der Waals surface area contributed by atoms with Crippen LogP contribution in [0.15, 0.2) is 44.7 Å². The molecular formula is C21H20N4O2S2. The minimum atomic E-state index is 0.0786. The van der Waals surface area contributed by atoms with Gasteiger partial charge in [-0.25, -0.2) is 4.98 Å². The Morgan fingerprint density at radius 3 is 2.83 bits per heavy atom. The fourth-order valence-corrected chi connectivity index (χ4v) is 5.95. The number of aromatic nitrogens is 4. The summed E-state index contributed by atoms with van der Waals surface area (Å²) in [7, 11) is 0. The number of nitrogens with zero attached hydrogens (tertiary/aromatic N) is 4. The van der Waals surface area contributed by atoms with Gasteiger partial charge in [0.05, 0.1) is 11.1 Å². The van der Waals surface area contributed by atoms with Gasteiger partial charge in [-0.2, -0.15) is 0 Å². The molecule has 4 aromatic rings. The second-order valence-electron chi connectivity index (χ2n) is 6.99. The van der Waals surface area contributed by atoms with Gasteiger partial charge in [0.2, 0.25) is 11.8 Å². The van der Waals surface area contributed by atoms with Gasteiger partial charge in [0.1, 0.15) is 4.83 Å². The van der Waals surface area contributed by atoms with Crippen molar-refractivity contribution in [1.29, 1.82) is 0 Å². The van der Waals surface area contributed by atoms with Crippen molar-refractivity contribution in [2.75, 3.05) is 0 Å². The van der Waals surface area contributed by atoms with Crippen molar-refractivity contribution in [3.63, 3.8) is 0 Å². The average Bonchev–Trinajstić information content (AvgIpc) is 3.37. The predicted octanol–water partition coefficient (Wildman–Crippen LogP) is 4.70. The number of rotatable bonds is 5. The predicted molar refractivity (Wildman–Crippen MR) is 115 cm³/mol. The van der Waals surface area contributed by atoms with Crippen LogP contribution in [0.5, 0.6) is 0 Å². The minimum Gasteiger partial charge on any atom is -0.420 e. The van der Waals surface area contributed by atoms with Gasteiger partial charge in [0.15, 0.2) is 5.16 Å². The number of fused-ring (bicyclic) bond motifs is 3. The summed E-state index contributed by atoms with van der Waals surface area (Å²) in [6.45, 7) is 2.58. The molecule has 1 aromatic carbocycles. The van der Waals surface area contributed by atoms with E-state index in [-0.39, 0.29) is 5.56 Å². The highest BCUT2D eigenvalue weighted by Crippen LogP contribution is 2.35. The summed E-state index contributed by atoms with van der Waals surface area (Å²) in [4.78, 5) is 20.2. The summed E-state index contributed by atoms with van der Waals surface area (Å²) in [5, 5.41) is 9.83. The molecule has 6 nitrogen and oxygen atoms in total. The number of thiophene rings is 1. The second-order valence-corrected chi connectivity index (χ2v) is 9.02. The molecule has 0 aliphatic heterocycles. The van der Waals surface area contributed by atoms with Crippen LogP contribution in [0, 0.1) is 0 Å².